The molecule has 0 aliphatic carbocycles. The lowest BCUT2D eigenvalue weighted by atomic mass is 9.71. The van der Waals surface area contributed by atoms with Crippen LogP contribution in [0.25, 0.3) is 0 Å². The van der Waals surface area contributed by atoms with Gasteiger partial charge in [0.05, 0.1) is 17.9 Å². The van der Waals surface area contributed by atoms with Gasteiger partial charge >= 0.3 is 0 Å². The van der Waals surface area contributed by atoms with Gasteiger partial charge in [-0.15, -0.1) is 0 Å². The highest BCUT2D eigenvalue weighted by atomic mass is 16.3. The number of hydrogen-bond donors (Lipinski definition) is 2. The molecule has 124 valence electrons. The summed E-state index contributed by atoms with van der Waals surface area (Å²) < 4.78 is 0. The second-order valence-electron chi connectivity index (χ2n) is 6.80. The highest BCUT2D eigenvalue weighted by Crippen LogP contribution is 2.37. The van der Waals surface area contributed by atoms with Gasteiger partial charge in [-0.3, -0.25) is 9.59 Å². The van der Waals surface area contributed by atoms with Crippen LogP contribution >= 0.6 is 0 Å². The molecule has 23 heavy (non-hydrogen) atoms. The fourth-order valence-corrected chi connectivity index (χ4v) is 3.65. The minimum Gasteiger partial charge on any atom is -0.392 e. The number of aryl methyl sites for hydroxylation is 1. The van der Waals surface area contributed by atoms with E-state index in [1.165, 1.54) is 5.56 Å². The summed E-state index contributed by atoms with van der Waals surface area (Å²) in [5.74, 6) is -0.0809. The Bertz CT molecular complexity index is 599. The number of nitrogens with zero attached hydrogens (tertiary/aromatic N) is 1. The Morgan fingerprint density at radius 1 is 1.39 bits per heavy atom. The minimum absolute atomic E-state index is 0.0264. The van der Waals surface area contributed by atoms with Gasteiger partial charge in [0.25, 0.3) is 0 Å². The molecule has 0 saturated carbocycles. The van der Waals surface area contributed by atoms with E-state index in [-0.39, 0.29) is 11.8 Å². The van der Waals surface area contributed by atoms with Crippen molar-refractivity contribution in [2.24, 2.45) is 5.41 Å². The van der Waals surface area contributed by atoms with Crippen LogP contribution in [-0.4, -0.2) is 47.6 Å². The fourth-order valence-electron chi connectivity index (χ4n) is 3.65. The number of rotatable bonds is 2. The number of nitrogens with one attached hydrogen (secondary N) is 1. The zero-order valence-electron chi connectivity index (χ0n) is 13.5. The maximum Gasteiger partial charge on any atom is 0.230 e. The third kappa shape index (κ3) is 3.11. The van der Waals surface area contributed by atoms with Crippen molar-refractivity contribution in [2.75, 3.05) is 19.6 Å². The second kappa shape index (κ2) is 6.32. The molecule has 3 rings (SSSR count). The molecular weight excluding hydrogens is 292 g/mol. The quantitative estimate of drug-likeness (QED) is 0.856. The van der Waals surface area contributed by atoms with E-state index >= 15 is 0 Å². The van der Waals surface area contributed by atoms with Crippen LogP contribution in [0.3, 0.4) is 0 Å². The van der Waals surface area contributed by atoms with Gasteiger partial charge in [0.2, 0.25) is 11.8 Å². The molecule has 5 nitrogen and oxygen atoms in total. The van der Waals surface area contributed by atoms with Crippen molar-refractivity contribution in [3.8, 4) is 0 Å². The average Bonchev–Trinajstić information content (AvgIpc) is 2.55. The van der Waals surface area contributed by atoms with E-state index in [0.29, 0.717) is 38.9 Å². The molecule has 2 heterocycles. The zero-order chi connectivity index (χ0) is 16.4. The van der Waals surface area contributed by atoms with Gasteiger partial charge in [-0.2, -0.15) is 0 Å². The molecule has 1 aromatic carbocycles. The summed E-state index contributed by atoms with van der Waals surface area (Å²) in [7, 11) is 0. The molecule has 0 bridgehead atoms. The van der Waals surface area contributed by atoms with Gasteiger partial charge in [-0.1, -0.05) is 29.8 Å². The summed E-state index contributed by atoms with van der Waals surface area (Å²) >= 11 is 0. The molecule has 1 spiro atoms. The van der Waals surface area contributed by atoms with Crippen molar-refractivity contribution in [2.45, 2.75) is 38.7 Å². The molecule has 2 fully saturated rings. The van der Waals surface area contributed by atoms with Gasteiger partial charge < -0.3 is 15.3 Å². The van der Waals surface area contributed by atoms with Crippen LogP contribution < -0.4 is 5.32 Å². The maximum absolute atomic E-state index is 12.6. The number of piperidine rings is 2. The number of aliphatic hydroxyl groups excluding tert-OH is 1. The smallest absolute Gasteiger partial charge is 0.230 e. The first kappa shape index (κ1) is 16.0. The van der Waals surface area contributed by atoms with E-state index < -0.39 is 11.5 Å². The summed E-state index contributed by atoms with van der Waals surface area (Å²) in [6.45, 7) is 3.51. The number of likely N-dealkylation sites (tertiary alicyclic amines) is 1. The Balaban J connectivity index is 1.71. The molecule has 5 heteroatoms. The van der Waals surface area contributed by atoms with Gasteiger partial charge in [0.15, 0.2) is 0 Å². The molecule has 2 atom stereocenters. The predicted octanol–water partition coefficient (Wildman–Crippen LogP) is 1.03. The third-order valence-electron chi connectivity index (χ3n) is 5.15. The molecule has 2 aliphatic rings. The van der Waals surface area contributed by atoms with Crippen LogP contribution in [0.1, 0.15) is 30.4 Å². The lowest BCUT2D eigenvalue weighted by Gasteiger charge is -2.46. The van der Waals surface area contributed by atoms with Crippen molar-refractivity contribution in [3.05, 3.63) is 35.4 Å². The normalized spacial score (nSPS) is 27.8. The minimum atomic E-state index is -0.820. The van der Waals surface area contributed by atoms with E-state index in [9.17, 15) is 14.7 Å². The molecule has 2 amide bonds. The molecule has 0 radical (unpaired) electrons. The highest BCUT2D eigenvalue weighted by Gasteiger charge is 2.50. The topological polar surface area (TPSA) is 69.6 Å². The van der Waals surface area contributed by atoms with E-state index in [1.807, 2.05) is 31.2 Å². The molecule has 2 N–H and O–H groups in total. The van der Waals surface area contributed by atoms with Crippen molar-refractivity contribution in [1.82, 2.24) is 10.2 Å². The Labute approximate surface area is 136 Å². The van der Waals surface area contributed by atoms with Crippen LogP contribution in [0.4, 0.5) is 0 Å². The number of carbonyl (C=O) groups is 2. The number of aliphatic hydroxyl groups is 1. The largest absolute Gasteiger partial charge is 0.392 e. The molecule has 1 unspecified atom stereocenters. The first-order valence-electron chi connectivity index (χ1n) is 8.31. The monoisotopic (exact) mass is 316 g/mol. The first-order valence-corrected chi connectivity index (χ1v) is 8.31. The predicted molar refractivity (Wildman–Crippen MR) is 86.8 cm³/mol. The fraction of sp³-hybridized carbons (Fsp3) is 0.556. The summed E-state index contributed by atoms with van der Waals surface area (Å²) in [6, 6.07) is 7.93. The number of amides is 2. The van der Waals surface area contributed by atoms with Crippen LogP contribution in [0, 0.1) is 12.3 Å². The lowest BCUT2D eigenvalue weighted by Crippen LogP contribution is -2.62. The summed E-state index contributed by atoms with van der Waals surface area (Å²) in [5.41, 5.74) is 1.33. The van der Waals surface area contributed by atoms with Crippen LogP contribution in [0.5, 0.6) is 0 Å². The molecule has 2 saturated heterocycles. The Morgan fingerprint density at radius 2 is 2.13 bits per heavy atom. The highest BCUT2D eigenvalue weighted by molar-refractivity contribution is 5.86. The summed E-state index contributed by atoms with van der Waals surface area (Å²) in [4.78, 5) is 26.7. The third-order valence-corrected chi connectivity index (χ3v) is 5.15. The molecule has 1 aromatic rings. The number of hydrogen-bond acceptors (Lipinski definition) is 3. The molecule has 0 aromatic heterocycles. The molecular formula is C18H24N2O3. The zero-order valence-corrected chi connectivity index (χ0v) is 13.5. The lowest BCUT2D eigenvalue weighted by molar-refractivity contribution is -0.154. The van der Waals surface area contributed by atoms with Gasteiger partial charge in [0.1, 0.15) is 0 Å². The maximum atomic E-state index is 12.6. The summed E-state index contributed by atoms with van der Waals surface area (Å²) in [5, 5.41) is 13.2. The van der Waals surface area contributed by atoms with Crippen LogP contribution in [0.15, 0.2) is 24.3 Å². The SMILES string of the molecule is Cc1ccc(CC(=O)N2CCC(O)[C@@]3(CCCNC3=O)C2)cc1. The van der Waals surface area contributed by atoms with Crippen molar-refractivity contribution < 1.29 is 14.7 Å². The van der Waals surface area contributed by atoms with E-state index in [4.69, 9.17) is 0 Å². The Hall–Kier alpha value is -1.88. The number of benzene rings is 1. The Morgan fingerprint density at radius 3 is 2.83 bits per heavy atom. The van der Waals surface area contributed by atoms with Crippen molar-refractivity contribution >= 4 is 11.8 Å². The van der Waals surface area contributed by atoms with E-state index in [2.05, 4.69) is 5.32 Å². The molecule has 2 aliphatic heterocycles. The average molecular weight is 316 g/mol. The van der Waals surface area contributed by atoms with E-state index in [0.717, 1.165) is 12.0 Å². The Kier molecular flexibility index (Phi) is 4.39. The van der Waals surface area contributed by atoms with Crippen molar-refractivity contribution in [1.29, 1.82) is 0 Å². The summed E-state index contributed by atoms with van der Waals surface area (Å²) in [6.07, 6.45) is 1.64. The van der Waals surface area contributed by atoms with Gasteiger partial charge in [-0.05, 0) is 31.7 Å². The van der Waals surface area contributed by atoms with Crippen molar-refractivity contribution in [3.63, 3.8) is 0 Å². The van der Waals surface area contributed by atoms with Gasteiger partial charge in [0, 0.05) is 19.6 Å². The van der Waals surface area contributed by atoms with E-state index in [1.54, 1.807) is 4.90 Å². The van der Waals surface area contributed by atoms with Gasteiger partial charge in [-0.25, -0.2) is 0 Å². The number of carbonyl (C=O) groups excluding carboxylic acids is 2. The first-order chi connectivity index (χ1) is 11.0. The standard InChI is InChI=1S/C18H24N2O3/c1-13-3-5-14(6-4-13)11-16(22)20-10-7-15(21)18(12-20)8-2-9-19-17(18)23/h3-6,15,21H,2,7-12H2,1H3,(H,19,23)/t15?,18-/m1/s1. The van der Waals surface area contributed by atoms with Crippen LogP contribution in [-0.2, 0) is 16.0 Å². The van der Waals surface area contributed by atoms with Crippen LogP contribution in [0.2, 0.25) is 0 Å². The second-order valence-corrected chi connectivity index (χ2v) is 6.80.